The number of aliphatic hydroxyl groups is 2. The summed E-state index contributed by atoms with van der Waals surface area (Å²) in [7, 11) is 0. The van der Waals surface area contributed by atoms with E-state index in [0.29, 0.717) is 6.42 Å². The summed E-state index contributed by atoms with van der Waals surface area (Å²) in [6.07, 6.45) is 71.2. The smallest absolute Gasteiger partial charge is 0.220 e. The molecule has 0 saturated carbocycles. The van der Waals surface area contributed by atoms with Crippen molar-refractivity contribution in [3.05, 3.63) is 48.6 Å². The van der Waals surface area contributed by atoms with Crippen LogP contribution in [0.3, 0.4) is 0 Å². The van der Waals surface area contributed by atoms with Crippen LogP contribution in [-0.2, 0) is 4.79 Å². The number of hydrogen-bond acceptors (Lipinski definition) is 3. The highest BCUT2D eigenvalue weighted by Crippen LogP contribution is 2.16. The molecule has 0 bridgehead atoms. The van der Waals surface area contributed by atoms with Crippen molar-refractivity contribution in [2.45, 2.75) is 296 Å². The Morgan fingerprint density at radius 3 is 0.967 bits per heavy atom. The van der Waals surface area contributed by atoms with Crippen LogP contribution in [0.15, 0.2) is 48.6 Å². The lowest BCUT2D eigenvalue weighted by molar-refractivity contribution is -0.123. The monoisotopic (exact) mass is 840 g/mol. The topological polar surface area (TPSA) is 69.6 Å². The van der Waals surface area contributed by atoms with Crippen LogP contribution in [0.4, 0.5) is 0 Å². The number of carbonyl (C=O) groups is 1. The first-order chi connectivity index (χ1) is 29.7. The molecule has 0 spiro atoms. The number of hydrogen-bond donors (Lipinski definition) is 3. The molecule has 60 heavy (non-hydrogen) atoms. The third-order valence-corrected chi connectivity index (χ3v) is 12.3. The molecule has 0 aliphatic carbocycles. The molecule has 4 heteroatoms. The average molecular weight is 840 g/mol. The fourth-order valence-corrected chi connectivity index (χ4v) is 8.15. The van der Waals surface area contributed by atoms with Crippen molar-refractivity contribution < 1.29 is 15.0 Å². The van der Waals surface area contributed by atoms with Gasteiger partial charge >= 0.3 is 0 Å². The van der Waals surface area contributed by atoms with Gasteiger partial charge in [0.2, 0.25) is 5.91 Å². The molecule has 352 valence electrons. The van der Waals surface area contributed by atoms with Crippen molar-refractivity contribution >= 4 is 5.91 Å². The first-order valence-electron chi connectivity index (χ1n) is 26.9. The van der Waals surface area contributed by atoms with Gasteiger partial charge in [-0.05, 0) is 70.6 Å². The molecule has 0 heterocycles. The third-order valence-electron chi connectivity index (χ3n) is 12.3. The average Bonchev–Trinajstić information content (AvgIpc) is 3.25. The van der Waals surface area contributed by atoms with Crippen molar-refractivity contribution in [2.24, 2.45) is 0 Å². The predicted octanol–water partition coefficient (Wildman–Crippen LogP) is 17.5. The summed E-state index contributed by atoms with van der Waals surface area (Å²) in [5.41, 5.74) is 0. The van der Waals surface area contributed by atoms with Crippen LogP contribution in [-0.4, -0.2) is 34.9 Å². The molecule has 0 aliphatic heterocycles. The van der Waals surface area contributed by atoms with Gasteiger partial charge in [-0.1, -0.05) is 255 Å². The first-order valence-corrected chi connectivity index (χ1v) is 26.9. The number of allylic oxidation sites excluding steroid dienone is 7. The predicted molar refractivity (Wildman–Crippen MR) is 267 cm³/mol. The summed E-state index contributed by atoms with van der Waals surface area (Å²) in [6, 6.07) is -0.648. The summed E-state index contributed by atoms with van der Waals surface area (Å²) in [6.45, 7) is 4.31. The second kappa shape index (κ2) is 51.7. The quantitative estimate of drug-likeness (QED) is 0.0422. The first kappa shape index (κ1) is 58.4. The van der Waals surface area contributed by atoms with E-state index in [4.69, 9.17) is 0 Å². The molecule has 2 unspecified atom stereocenters. The van der Waals surface area contributed by atoms with Crippen LogP contribution in [0.2, 0.25) is 0 Å². The molecule has 0 aromatic heterocycles. The third kappa shape index (κ3) is 47.4. The van der Waals surface area contributed by atoms with Crippen molar-refractivity contribution in [2.75, 3.05) is 6.61 Å². The maximum Gasteiger partial charge on any atom is 0.220 e. The highest BCUT2D eigenvalue weighted by Gasteiger charge is 2.17. The van der Waals surface area contributed by atoms with Crippen molar-refractivity contribution in [1.82, 2.24) is 5.32 Å². The highest BCUT2D eigenvalue weighted by molar-refractivity contribution is 5.76. The molecule has 0 radical (unpaired) electrons. The number of aliphatic hydroxyl groups excluding tert-OH is 2. The zero-order chi connectivity index (χ0) is 43.5. The van der Waals surface area contributed by atoms with E-state index in [-0.39, 0.29) is 12.5 Å². The summed E-state index contributed by atoms with van der Waals surface area (Å²) in [4.78, 5) is 12.4. The lowest BCUT2D eigenvalue weighted by Gasteiger charge is -2.19. The Labute approximate surface area is 375 Å². The Balaban J connectivity index is 3.56. The molecule has 0 fully saturated rings. The SMILES string of the molecule is CCCCCCCC/C=C\CCCCCCCCCCCC(=O)NC(CO)C(O)/C=C/CC/C=C/CC/C=C/CCCCCCCCCCCCCCCCCCCCC. The van der Waals surface area contributed by atoms with Crippen LogP contribution >= 0.6 is 0 Å². The minimum Gasteiger partial charge on any atom is -0.394 e. The van der Waals surface area contributed by atoms with Gasteiger partial charge in [-0.25, -0.2) is 0 Å². The standard InChI is InChI=1S/C56H105NO3/c1-3-5-7-9-11-13-15-17-19-21-23-24-25-26-27-28-29-30-31-32-34-35-37-39-41-43-45-47-49-51-55(59)54(53-58)57-56(60)52-50-48-46-44-42-40-38-36-33-22-20-18-16-14-12-10-8-6-4-2/h18,20,34-35,41,43,49,51,54-55,58-59H,3-17,19,21-33,36-40,42,44-48,50,52-53H2,1-2H3,(H,57,60)/b20-18-,35-34+,43-41+,51-49+. The van der Waals surface area contributed by atoms with E-state index in [2.05, 4.69) is 55.6 Å². The van der Waals surface area contributed by atoms with E-state index < -0.39 is 12.1 Å². The Bertz CT molecular complexity index is 954. The fraction of sp³-hybridized carbons (Fsp3) is 0.839. The molecule has 3 N–H and O–H groups in total. The van der Waals surface area contributed by atoms with Gasteiger partial charge in [0.25, 0.3) is 0 Å². The molecule has 0 rings (SSSR count). The van der Waals surface area contributed by atoms with Crippen LogP contribution < -0.4 is 5.32 Å². The van der Waals surface area contributed by atoms with Gasteiger partial charge in [-0.2, -0.15) is 0 Å². The van der Waals surface area contributed by atoms with Gasteiger partial charge in [-0.15, -0.1) is 0 Å². The van der Waals surface area contributed by atoms with Crippen LogP contribution in [0.25, 0.3) is 0 Å². The summed E-state index contributed by atoms with van der Waals surface area (Å²) < 4.78 is 0. The highest BCUT2D eigenvalue weighted by atomic mass is 16.3. The molecule has 1 amide bonds. The molecular formula is C56H105NO3. The second-order valence-electron chi connectivity index (χ2n) is 18.3. The van der Waals surface area contributed by atoms with E-state index in [1.54, 1.807) is 6.08 Å². The van der Waals surface area contributed by atoms with Crippen molar-refractivity contribution in [3.63, 3.8) is 0 Å². The van der Waals surface area contributed by atoms with E-state index in [1.807, 2.05) is 6.08 Å². The van der Waals surface area contributed by atoms with Crippen LogP contribution in [0, 0.1) is 0 Å². The van der Waals surface area contributed by atoms with E-state index in [0.717, 1.165) is 38.5 Å². The van der Waals surface area contributed by atoms with E-state index >= 15 is 0 Å². The van der Waals surface area contributed by atoms with Crippen LogP contribution in [0.1, 0.15) is 284 Å². The molecule has 0 aromatic rings. The number of carbonyl (C=O) groups excluding carboxylic acids is 1. The molecule has 2 atom stereocenters. The Kier molecular flexibility index (Phi) is 50.3. The number of nitrogens with one attached hydrogen (secondary N) is 1. The second-order valence-corrected chi connectivity index (χ2v) is 18.3. The van der Waals surface area contributed by atoms with Gasteiger partial charge in [0.05, 0.1) is 18.8 Å². The molecule has 0 saturated heterocycles. The molecule has 0 aromatic carbocycles. The minimum absolute atomic E-state index is 0.0786. The van der Waals surface area contributed by atoms with Gasteiger partial charge in [0.1, 0.15) is 0 Å². The summed E-state index contributed by atoms with van der Waals surface area (Å²) in [5, 5.41) is 23.1. The maximum absolute atomic E-state index is 12.4. The maximum atomic E-state index is 12.4. The van der Waals surface area contributed by atoms with Crippen molar-refractivity contribution in [1.29, 1.82) is 0 Å². The zero-order valence-corrected chi connectivity index (χ0v) is 40.5. The Hall–Kier alpha value is -1.65. The minimum atomic E-state index is -0.872. The summed E-state index contributed by atoms with van der Waals surface area (Å²) in [5.74, 6) is -0.0786. The number of amides is 1. The van der Waals surface area contributed by atoms with E-state index in [1.165, 1.54) is 225 Å². The van der Waals surface area contributed by atoms with E-state index in [9.17, 15) is 15.0 Å². The Morgan fingerprint density at radius 1 is 0.383 bits per heavy atom. The van der Waals surface area contributed by atoms with Crippen molar-refractivity contribution in [3.8, 4) is 0 Å². The Morgan fingerprint density at radius 2 is 0.650 bits per heavy atom. The van der Waals surface area contributed by atoms with Crippen LogP contribution in [0.5, 0.6) is 0 Å². The number of rotatable bonds is 49. The molecule has 4 nitrogen and oxygen atoms in total. The molecular weight excluding hydrogens is 735 g/mol. The zero-order valence-electron chi connectivity index (χ0n) is 40.5. The van der Waals surface area contributed by atoms with Gasteiger partial charge in [0.15, 0.2) is 0 Å². The normalized spacial score (nSPS) is 13.2. The van der Waals surface area contributed by atoms with Gasteiger partial charge in [0, 0.05) is 6.42 Å². The largest absolute Gasteiger partial charge is 0.394 e. The lowest BCUT2D eigenvalue weighted by atomic mass is 10.0. The van der Waals surface area contributed by atoms with Gasteiger partial charge < -0.3 is 15.5 Å². The number of unbranched alkanes of at least 4 members (excludes halogenated alkanes) is 36. The summed E-state index contributed by atoms with van der Waals surface area (Å²) >= 11 is 0. The molecule has 0 aliphatic rings. The lowest BCUT2D eigenvalue weighted by Crippen LogP contribution is -2.45. The van der Waals surface area contributed by atoms with Gasteiger partial charge in [-0.3, -0.25) is 4.79 Å². The fourth-order valence-electron chi connectivity index (χ4n) is 8.15.